The van der Waals surface area contributed by atoms with E-state index in [1.54, 1.807) is 18.2 Å². The van der Waals surface area contributed by atoms with Crippen LogP contribution in [-0.4, -0.2) is 70.0 Å². The quantitative estimate of drug-likeness (QED) is 0.437. The van der Waals surface area contributed by atoms with E-state index >= 15 is 0 Å². The number of ether oxygens (including phenoxy) is 1. The number of aromatic nitrogens is 3. The Labute approximate surface area is 158 Å². The van der Waals surface area contributed by atoms with Crippen LogP contribution < -0.4 is 10.5 Å². The van der Waals surface area contributed by atoms with Crippen molar-refractivity contribution < 1.29 is 28.2 Å². The van der Waals surface area contributed by atoms with Crippen LogP contribution in [0, 0.1) is 0 Å². The highest BCUT2D eigenvalue weighted by Gasteiger charge is 2.44. The van der Waals surface area contributed by atoms with Crippen molar-refractivity contribution in [1.29, 1.82) is 0 Å². The zero-order chi connectivity index (χ0) is 20.1. The maximum Gasteiger partial charge on any atom is 0.288 e. The maximum absolute atomic E-state index is 12.1. The summed E-state index contributed by atoms with van der Waals surface area (Å²) in [6.07, 6.45) is -3.57. The first-order valence-electron chi connectivity index (χ1n) is 8.17. The lowest BCUT2D eigenvalue weighted by atomic mass is 10.1. The Morgan fingerprint density at radius 1 is 1.32 bits per heavy atom. The van der Waals surface area contributed by atoms with Crippen molar-refractivity contribution in [3.8, 4) is 0 Å². The highest BCUT2D eigenvalue weighted by molar-refractivity contribution is 7.90. The number of aliphatic hydroxyl groups is 2. The molecule has 1 amide bonds. The number of fused-ring (bicyclic) bond motifs is 1. The van der Waals surface area contributed by atoms with Gasteiger partial charge in [0, 0.05) is 5.56 Å². The molecular weight excluding hydrogens is 392 g/mol. The third-order valence-corrected chi connectivity index (χ3v) is 5.82. The molecule has 3 heterocycles. The van der Waals surface area contributed by atoms with Crippen LogP contribution in [0.4, 0.5) is 0 Å². The number of primary amides is 1. The Bertz CT molecular complexity index is 1070. The average molecular weight is 408 g/mol. The summed E-state index contributed by atoms with van der Waals surface area (Å²) < 4.78 is 33.2. The fourth-order valence-electron chi connectivity index (χ4n) is 3.04. The summed E-state index contributed by atoms with van der Waals surface area (Å²) in [7, 11) is -3.68. The van der Waals surface area contributed by atoms with E-state index in [2.05, 4.69) is 19.8 Å². The van der Waals surface area contributed by atoms with Crippen LogP contribution in [0.15, 0.2) is 40.5 Å². The molecule has 2 aliphatic heterocycles. The Kier molecular flexibility index (Phi) is 4.38. The number of nitrogens with two attached hydrogens (primary N) is 1. The number of carbonyl (C=O) groups excluding carboxylic acids is 1. The normalized spacial score (nSPS) is 29.6. The van der Waals surface area contributed by atoms with Crippen molar-refractivity contribution in [2.75, 3.05) is 6.54 Å². The molecule has 0 saturated carbocycles. The second-order valence-corrected chi connectivity index (χ2v) is 7.90. The molecule has 4 rings (SSSR count). The number of nitrogens with one attached hydrogen (secondary N) is 1. The van der Waals surface area contributed by atoms with E-state index in [0.29, 0.717) is 5.56 Å². The monoisotopic (exact) mass is 408 g/mol. The van der Waals surface area contributed by atoms with Crippen molar-refractivity contribution in [2.45, 2.75) is 29.4 Å². The maximum atomic E-state index is 12.1. The Hall–Kier alpha value is -2.87. The molecular formula is C15H16N6O6S. The van der Waals surface area contributed by atoms with Crippen molar-refractivity contribution in [2.24, 2.45) is 10.7 Å². The van der Waals surface area contributed by atoms with Gasteiger partial charge in [0.25, 0.3) is 15.9 Å². The van der Waals surface area contributed by atoms with Crippen molar-refractivity contribution >= 4 is 21.8 Å². The first-order chi connectivity index (χ1) is 13.3. The summed E-state index contributed by atoms with van der Waals surface area (Å²) in [4.78, 5) is 19.1. The number of hydrogen-bond acceptors (Lipinski definition) is 9. The molecule has 1 fully saturated rings. The zero-order valence-corrected chi connectivity index (χ0v) is 15.0. The average Bonchev–Trinajstić information content (AvgIpc) is 3.32. The molecule has 12 nitrogen and oxygen atoms in total. The molecule has 0 bridgehead atoms. The van der Waals surface area contributed by atoms with Crippen LogP contribution in [0.25, 0.3) is 0 Å². The lowest BCUT2D eigenvalue weighted by Crippen LogP contribution is -2.33. The van der Waals surface area contributed by atoms with Crippen LogP contribution in [0.5, 0.6) is 0 Å². The highest BCUT2D eigenvalue weighted by Crippen LogP contribution is 2.29. The minimum Gasteiger partial charge on any atom is -0.387 e. The predicted octanol–water partition coefficient (Wildman–Crippen LogP) is -2.27. The first kappa shape index (κ1) is 18.5. The van der Waals surface area contributed by atoms with E-state index in [0.717, 1.165) is 11.0 Å². The molecule has 1 saturated heterocycles. The van der Waals surface area contributed by atoms with Crippen LogP contribution in [0.2, 0.25) is 0 Å². The van der Waals surface area contributed by atoms with E-state index in [-0.39, 0.29) is 23.1 Å². The molecule has 0 radical (unpaired) electrons. The van der Waals surface area contributed by atoms with Gasteiger partial charge in [-0.25, -0.2) is 18.1 Å². The summed E-state index contributed by atoms with van der Waals surface area (Å²) in [5.74, 6) is -0.978. The van der Waals surface area contributed by atoms with Gasteiger partial charge in [-0.05, 0) is 12.1 Å². The second kappa shape index (κ2) is 6.63. The number of hydrogen-bond donors (Lipinski definition) is 4. The first-order valence-corrected chi connectivity index (χ1v) is 9.65. The van der Waals surface area contributed by atoms with E-state index < -0.39 is 40.5 Å². The lowest BCUT2D eigenvalue weighted by Gasteiger charge is -2.13. The standard InChI is InChI=1S/C15H16N6O6S/c16-12(24)14-18-6-21(19-14)15-11(23)10(22)8(27-15)5-17-13-7-3-1-2-4-9(7)28(25,26)20-13/h1-4,6,8,10-11,15,22-23H,5H2,(H2,16,24)(H,17,20)/t8-,10-,11-,15-/m1/s1. The molecule has 13 heteroatoms. The van der Waals surface area contributed by atoms with Crippen LogP contribution in [0.1, 0.15) is 22.4 Å². The number of amidine groups is 1. The third kappa shape index (κ3) is 3.03. The van der Waals surface area contributed by atoms with Gasteiger partial charge in [-0.1, -0.05) is 12.1 Å². The van der Waals surface area contributed by atoms with Gasteiger partial charge < -0.3 is 20.7 Å². The van der Waals surface area contributed by atoms with Gasteiger partial charge in [0.05, 0.1) is 11.4 Å². The Balaban J connectivity index is 1.53. The van der Waals surface area contributed by atoms with Gasteiger partial charge in [0.2, 0.25) is 5.82 Å². The van der Waals surface area contributed by atoms with Gasteiger partial charge in [0.15, 0.2) is 6.23 Å². The highest BCUT2D eigenvalue weighted by atomic mass is 32.2. The number of benzene rings is 1. The topological polar surface area (TPSA) is 182 Å². The molecule has 148 valence electrons. The largest absolute Gasteiger partial charge is 0.387 e. The molecule has 5 N–H and O–H groups in total. The summed E-state index contributed by atoms with van der Waals surface area (Å²) >= 11 is 0. The number of carbonyl (C=O) groups is 1. The zero-order valence-electron chi connectivity index (χ0n) is 14.2. The van der Waals surface area contributed by atoms with Crippen molar-refractivity contribution in [1.82, 2.24) is 19.5 Å². The number of aliphatic imine (C=N–C) groups is 1. The van der Waals surface area contributed by atoms with Gasteiger partial charge in [-0.15, -0.1) is 5.10 Å². The van der Waals surface area contributed by atoms with Gasteiger partial charge in [-0.2, -0.15) is 0 Å². The number of nitrogens with zero attached hydrogens (tertiary/aromatic N) is 4. The van der Waals surface area contributed by atoms with Crippen molar-refractivity contribution in [3.05, 3.63) is 42.0 Å². The smallest absolute Gasteiger partial charge is 0.288 e. The number of amides is 1. The van der Waals surface area contributed by atoms with Crippen LogP contribution >= 0.6 is 0 Å². The molecule has 1 aromatic carbocycles. The molecule has 2 aliphatic rings. The van der Waals surface area contributed by atoms with Gasteiger partial charge >= 0.3 is 0 Å². The summed E-state index contributed by atoms with van der Waals surface area (Å²) in [5, 5.41) is 24.3. The predicted molar refractivity (Wildman–Crippen MR) is 92.6 cm³/mol. The van der Waals surface area contributed by atoms with E-state index in [1.807, 2.05) is 0 Å². The number of rotatable bonds is 4. The fourth-order valence-corrected chi connectivity index (χ4v) is 4.29. The minimum absolute atomic E-state index is 0.112. The Morgan fingerprint density at radius 2 is 2.07 bits per heavy atom. The molecule has 0 aliphatic carbocycles. The van der Waals surface area contributed by atoms with Gasteiger partial charge in [-0.3, -0.25) is 14.5 Å². The molecule has 0 spiro atoms. The molecule has 28 heavy (non-hydrogen) atoms. The molecule has 1 aromatic heterocycles. The summed E-state index contributed by atoms with van der Waals surface area (Å²) in [6.45, 7) is -0.127. The van der Waals surface area contributed by atoms with E-state index in [1.165, 1.54) is 6.07 Å². The summed E-state index contributed by atoms with van der Waals surface area (Å²) in [5.41, 5.74) is 5.50. The van der Waals surface area contributed by atoms with Crippen LogP contribution in [0.3, 0.4) is 0 Å². The van der Waals surface area contributed by atoms with E-state index in [4.69, 9.17) is 10.5 Å². The molecule has 4 atom stereocenters. The molecule has 2 aromatic rings. The minimum atomic E-state index is -3.68. The van der Waals surface area contributed by atoms with Gasteiger partial charge in [0.1, 0.15) is 30.5 Å². The number of sulfonamides is 1. The van der Waals surface area contributed by atoms with E-state index in [9.17, 15) is 23.4 Å². The molecule has 0 unspecified atom stereocenters. The second-order valence-electron chi connectivity index (χ2n) is 6.25. The fraction of sp³-hybridized carbons (Fsp3) is 0.333. The van der Waals surface area contributed by atoms with Crippen molar-refractivity contribution in [3.63, 3.8) is 0 Å². The Morgan fingerprint density at radius 3 is 2.79 bits per heavy atom. The number of aliphatic hydroxyl groups excluding tert-OH is 2. The lowest BCUT2D eigenvalue weighted by molar-refractivity contribution is -0.0419. The SMILES string of the molecule is NC(=O)c1ncn([C@@H]2O[C@H](CN=C3NS(=O)(=O)c4ccccc43)[C@@H](O)[C@H]2O)n1. The summed E-state index contributed by atoms with van der Waals surface area (Å²) in [6, 6.07) is 6.35. The third-order valence-electron chi connectivity index (χ3n) is 4.42. The van der Waals surface area contributed by atoms with Crippen LogP contribution in [-0.2, 0) is 14.8 Å².